The Labute approximate surface area is 132 Å². The number of para-hydroxylation sites is 2. The van der Waals surface area contributed by atoms with Gasteiger partial charge < -0.3 is 4.90 Å². The van der Waals surface area contributed by atoms with Crippen molar-refractivity contribution in [2.75, 3.05) is 4.90 Å². The maximum atomic E-state index is 2.20. The van der Waals surface area contributed by atoms with Crippen molar-refractivity contribution in [1.29, 1.82) is 0 Å². The first kappa shape index (κ1) is 14.2. The molecule has 0 spiro atoms. The number of benzene rings is 3. The molecule has 0 fully saturated rings. The fourth-order valence-corrected chi connectivity index (χ4v) is 2.43. The summed E-state index contributed by atoms with van der Waals surface area (Å²) >= 11 is 0. The first-order valence-electron chi connectivity index (χ1n) is 7.48. The minimum atomic E-state index is 1.15. The third-order valence-corrected chi connectivity index (χ3v) is 3.66. The molecule has 0 heterocycles. The van der Waals surface area contributed by atoms with Crippen LogP contribution in [0.4, 0.5) is 11.4 Å². The molecule has 0 saturated heterocycles. The van der Waals surface area contributed by atoms with Crippen molar-refractivity contribution in [2.24, 2.45) is 0 Å². The van der Waals surface area contributed by atoms with Crippen LogP contribution >= 0.6 is 0 Å². The van der Waals surface area contributed by atoms with Crippen molar-refractivity contribution in [2.45, 2.75) is 6.92 Å². The SMILES string of the molecule is Cc1ccccc1/C=C/N(c1ccccc1)c1ccccc1. The van der Waals surface area contributed by atoms with E-state index in [-0.39, 0.29) is 0 Å². The minimum Gasteiger partial charge on any atom is -0.317 e. The number of rotatable bonds is 4. The van der Waals surface area contributed by atoms with E-state index in [1.807, 2.05) is 12.1 Å². The van der Waals surface area contributed by atoms with Gasteiger partial charge in [0.25, 0.3) is 0 Å². The van der Waals surface area contributed by atoms with Gasteiger partial charge in [-0.3, -0.25) is 0 Å². The largest absolute Gasteiger partial charge is 0.317 e. The van der Waals surface area contributed by atoms with Crippen molar-refractivity contribution in [3.8, 4) is 0 Å². The molecule has 0 bridgehead atoms. The van der Waals surface area contributed by atoms with Gasteiger partial charge in [-0.1, -0.05) is 60.7 Å². The van der Waals surface area contributed by atoms with E-state index in [9.17, 15) is 0 Å². The van der Waals surface area contributed by atoms with Crippen LogP contribution in [0.3, 0.4) is 0 Å². The summed E-state index contributed by atoms with van der Waals surface area (Å²) in [7, 11) is 0. The van der Waals surface area contributed by atoms with Crippen molar-refractivity contribution < 1.29 is 0 Å². The van der Waals surface area contributed by atoms with E-state index in [0.29, 0.717) is 0 Å². The van der Waals surface area contributed by atoms with E-state index in [1.54, 1.807) is 0 Å². The third kappa shape index (κ3) is 3.26. The summed E-state index contributed by atoms with van der Waals surface area (Å²) in [4.78, 5) is 2.20. The van der Waals surface area contributed by atoms with Crippen LogP contribution in [0.1, 0.15) is 11.1 Å². The molecule has 1 heteroatoms. The summed E-state index contributed by atoms with van der Waals surface area (Å²) in [5, 5.41) is 0. The molecule has 22 heavy (non-hydrogen) atoms. The van der Waals surface area contributed by atoms with Crippen LogP contribution in [0.25, 0.3) is 6.08 Å². The fourth-order valence-electron chi connectivity index (χ4n) is 2.43. The van der Waals surface area contributed by atoms with E-state index in [0.717, 1.165) is 11.4 Å². The standard InChI is InChI=1S/C21H19N/c1-18-10-8-9-11-19(18)16-17-22(20-12-4-2-5-13-20)21-14-6-3-7-15-21/h2-17H,1H3/b17-16+. The van der Waals surface area contributed by atoms with Crippen molar-refractivity contribution in [1.82, 2.24) is 0 Å². The molecule has 3 aromatic carbocycles. The molecule has 0 amide bonds. The van der Waals surface area contributed by atoms with Gasteiger partial charge in [0.05, 0.1) is 0 Å². The summed E-state index contributed by atoms with van der Waals surface area (Å²) in [6, 6.07) is 29.2. The van der Waals surface area contributed by atoms with Crippen LogP contribution in [-0.2, 0) is 0 Å². The van der Waals surface area contributed by atoms with Gasteiger partial charge in [-0.15, -0.1) is 0 Å². The zero-order valence-electron chi connectivity index (χ0n) is 12.7. The molecule has 0 aliphatic heterocycles. The maximum absolute atomic E-state index is 2.20. The second-order valence-electron chi connectivity index (χ2n) is 5.21. The Morgan fingerprint density at radius 2 is 1.14 bits per heavy atom. The van der Waals surface area contributed by atoms with Gasteiger partial charge in [0.1, 0.15) is 0 Å². The minimum absolute atomic E-state index is 1.15. The molecule has 0 atom stereocenters. The molecule has 0 radical (unpaired) electrons. The number of aryl methyl sites for hydroxylation is 1. The second-order valence-corrected chi connectivity index (χ2v) is 5.21. The molecule has 0 N–H and O–H groups in total. The highest BCUT2D eigenvalue weighted by Gasteiger charge is 2.05. The quantitative estimate of drug-likeness (QED) is 0.585. The van der Waals surface area contributed by atoms with Crippen molar-refractivity contribution >= 4 is 17.5 Å². The van der Waals surface area contributed by atoms with Gasteiger partial charge in [-0.2, -0.15) is 0 Å². The molecule has 3 aromatic rings. The topological polar surface area (TPSA) is 3.24 Å². The van der Waals surface area contributed by atoms with E-state index in [4.69, 9.17) is 0 Å². The molecule has 0 aliphatic carbocycles. The highest BCUT2D eigenvalue weighted by Crippen LogP contribution is 2.26. The predicted molar refractivity (Wildman–Crippen MR) is 95.2 cm³/mol. The van der Waals surface area contributed by atoms with Gasteiger partial charge in [0, 0.05) is 17.6 Å². The lowest BCUT2D eigenvalue weighted by atomic mass is 10.1. The lowest BCUT2D eigenvalue weighted by Crippen LogP contribution is -2.07. The second kappa shape index (κ2) is 6.77. The molecular weight excluding hydrogens is 266 g/mol. The lowest BCUT2D eigenvalue weighted by Gasteiger charge is -2.21. The first-order valence-corrected chi connectivity index (χ1v) is 7.48. The molecule has 0 aromatic heterocycles. The zero-order chi connectivity index (χ0) is 15.2. The average molecular weight is 285 g/mol. The van der Waals surface area contributed by atoms with Gasteiger partial charge in [0.15, 0.2) is 0 Å². The Bertz CT molecular complexity index is 706. The van der Waals surface area contributed by atoms with Crippen LogP contribution in [0.5, 0.6) is 0 Å². The number of hydrogen-bond acceptors (Lipinski definition) is 1. The highest BCUT2D eigenvalue weighted by molar-refractivity contribution is 5.69. The van der Waals surface area contributed by atoms with Crippen LogP contribution in [0.2, 0.25) is 0 Å². The molecule has 0 saturated carbocycles. The third-order valence-electron chi connectivity index (χ3n) is 3.66. The van der Waals surface area contributed by atoms with E-state index in [2.05, 4.69) is 96.9 Å². The van der Waals surface area contributed by atoms with Gasteiger partial charge in [-0.25, -0.2) is 0 Å². The molecule has 108 valence electrons. The predicted octanol–water partition coefficient (Wildman–Crippen LogP) is 5.80. The normalized spacial score (nSPS) is 10.8. The van der Waals surface area contributed by atoms with Crippen molar-refractivity contribution in [3.05, 3.63) is 102 Å². The summed E-state index contributed by atoms with van der Waals surface area (Å²) in [6.45, 7) is 2.13. The molecule has 3 rings (SSSR count). The maximum Gasteiger partial charge on any atom is 0.0455 e. The number of hydrogen-bond donors (Lipinski definition) is 0. The summed E-state index contributed by atoms with van der Waals surface area (Å²) in [5.74, 6) is 0. The molecule has 1 nitrogen and oxygen atoms in total. The zero-order valence-corrected chi connectivity index (χ0v) is 12.7. The van der Waals surface area contributed by atoms with E-state index >= 15 is 0 Å². The van der Waals surface area contributed by atoms with Gasteiger partial charge in [0.2, 0.25) is 0 Å². The van der Waals surface area contributed by atoms with Crippen LogP contribution < -0.4 is 4.90 Å². The molecule has 0 aliphatic rings. The Balaban J connectivity index is 1.98. The summed E-state index contributed by atoms with van der Waals surface area (Å²) in [6.07, 6.45) is 4.29. The monoisotopic (exact) mass is 285 g/mol. The van der Waals surface area contributed by atoms with E-state index < -0.39 is 0 Å². The van der Waals surface area contributed by atoms with Gasteiger partial charge >= 0.3 is 0 Å². The summed E-state index contributed by atoms with van der Waals surface area (Å²) < 4.78 is 0. The Morgan fingerprint density at radius 3 is 1.68 bits per heavy atom. The fraction of sp³-hybridized carbons (Fsp3) is 0.0476. The smallest absolute Gasteiger partial charge is 0.0455 e. The average Bonchev–Trinajstić information content (AvgIpc) is 2.59. The molecule has 0 unspecified atom stereocenters. The summed E-state index contributed by atoms with van der Waals surface area (Å²) in [5.41, 5.74) is 4.82. The lowest BCUT2D eigenvalue weighted by molar-refractivity contribution is 1.29. The van der Waals surface area contributed by atoms with Crippen LogP contribution in [0.15, 0.2) is 91.1 Å². The van der Waals surface area contributed by atoms with Gasteiger partial charge in [-0.05, 0) is 48.4 Å². The Kier molecular flexibility index (Phi) is 4.35. The molecular formula is C21H19N. The van der Waals surface area contributed by atoms with E-state index in [1.165, 1.54) is 11.1 Å². The Hall–Kier alpha value is -2.80. The Morgan fingerprint density at radius 1 is 0.636 bits per heavy atom. The van der Waals surface area contributed by atoms with Crippen LogP contribution in [0, 0.1) is 6.92 Å². The number of nitrogens with zero attached hydrogens (tertiary/aromatic N) is 1. The first-order chi connectivity index (χ1) is 10.8. The van der Waals surface area contributed by atoms with Crippen LogP contribution in [-0.4, -0.2) is 0 Å². The number of anilines is 2. The van der Waals surface area contributed by atoms with Crippen molar-refractivity contribution in [3.63, 3.8) is 0 Å². The highest BCUT2D eigenvalue weighted by atomic mass is 15.1.